The number of ether oxygens (including phenoxy) is 1. The maximum absolute atomic E-state index is 12.8. The molecule has 1 aliphatic rings. The maximum atomic E-state index is 12.8. The van der Waals surface area contributed by atoms with E-state index in [0.717, 1.165) is 9.71 Å². The lowest BCUT2D eigenvalue weighted by Gasteiger charge is -2.33. The molecule has 0 aliphatic carbocycles. The lowest BCUT2D eigenvalue weighted by molar-refractivity contribution is -0.124. The van der Waals surface area contributed by atoms with E-state index in [9.17, 15) is 13.2 Å². The van der Waals surface area contributed by atoms with E-state index in [0.29, 0.717) is 22.0 Å². The molecule has 1 heterocycles. The van der Waals surface area contributed by atoms with Gasteiger partial charge in [-0.15, -0.1) is 0 Å². The van der Waals surface area contributed by atoms with Gasteiger partial charge in [0.1, 0.15) is 5.75 Å². The van der Waals surface area contributed by atoms with Gasteiger partial charge in [-0.3, -0.25) is 9.10 Å². The van der Waals surface area contributed by atoms with E-state index in [2.05, 4.69) is 0 Å². The number of hydrogen-bond donors (Lipinski definition) is 1. The highest BCUT2D eigenvalue weighted by molar-refractivity contribution is 7.95. The Hall–Kier alpha value is -2.51. The molecule has 0 bridgehead atoms. The fraction of sp³-hybridized carbons (Fsp3) is 0.118. The van der Waals surface area contributed by atoms with Crippen molar-refractivity contribution in [3.63, 3.8) is 0 Å². The number of hydrogen-bond acceptors (Lipinski definition) is 4. The summed E-state index contributed by atoms with van der Waals surface area (Å²) in [5.74, 6) is -0.433. The Labute approximate surface area is 150 Å². The molecule has 1 aliphatic heterocycles. The fourth-order valence-electron chi connectivity index (χ4n) is 2.40. The number of halogens is 1. The quantitative estimate of drug-likeness (QED) is 0.884. The summed E-state index contributed by atoms with van der Waals surface area (Å²) in [5.41, 5.74) is 6.34. The SMILES string of the molecule is NC(=O)[C@H]1CN(S(=O)(=O)/C=C/c2ccc(Cl)cc2)c2ccccc2O1. The van der Waals surface area contributed by atoms with Crippen LogP contribution in [0.25, 0.3) is 6.08 Å². The molecule has 25 heavy (non-hydrogen) atoms. The van der Waals surface area contributed by atoms with Crippen LogP contribution < -0.4 is 14.8 Å². The monoisotopic (exact) mass is 378 g/mol. The van der Waals surface area contributed by atoms with Crippen molar-refractivity contribution in [2.75, 3.05) is 10.8 Å². The smallest absolute Gasteiger partial charge is 0.260 e. The molecule has 0 radical (unpaired) electrons. The molecule has 2 N–H and O–H groups in total. The third kappa shape index (κ3) is 3.78. The molecule has 2 aromatic carbocycles. The third-order valence-corrected chi connectivity index (χ3v) is 5.35. The first-order valence-electron chi connectivity index (χ1n) is 7.38. The normalized spacial score (nSPS) is 17.2. The summed E-state index contributed by atoms with van der Waals surface area (Å²) in [6.07, 6.45) is 0.414. The van der Waals surface area contributed by atoms with E-state index in [1.165, 1.54) is 6.08 Å². The molecule has 0 aromatic heterocycles. The average molecular weight is 379 g/mol. The number of nitrogens with zero attached hydrogens (tertiary/aromatic N) is 1. The predicted molar refractivity (Wildman–Crippen MR) is 96.8 cm³/mol. The van der Waals surface area contributed by atoms with E-state index in [1.54, 1.807) is 48.5 Å². The van der Waals surface area contributed by atoms with Crippen molar-refractivity contribution in [2.45, 2.75) is 6.10 Å². The summed E-state index contributed by atoms with van der Waals surface area (Å²) in [5, 5.41) is 1.64. The van der Waals surface area contributed by atoms with Gasteiger partial charge in [0.2, 0.25) is 0 Å². The Morgan fingerprint density at radius 2 is 1.88 bits per heavy atom. The first kappa shape index (κ1) is 17.3. The minimum Gasteiger partial charge on any atom is -0.476 e. The van der Waals surface area contributed by atoms with Crippen LogP contribution in [0.15, 0.2) is 53.9 Å². The van der Waals surface area contributed by atoms with Gasteiger partial charge in [-0.05, 0) is 35.9 Å². The molecule has 0 saturated carbocycles. The summed E-state index contributed by atoms with van der Waals surface area (Å²) in [6, 6.07) is 13.3. The number of carbonyl (C=O) groups excluding carboxylic acids is 1. The van der Waals surface area contributed by atoms with Crippen LogP contribution in [0, 0.1) is 0 Å². The summed E-state index contributed by atoms with van der Waals surface area (Å²) >= 11 is 5.82. The number of primary amides is 1. The molecule has 1 amide bonds. The number of rotatable bonds is 4. The fourth-order valence-corrected chi connectivity index (χ4v) is 3.77. The van der Waals surface area contributed by atoms with Crippen LogP contribution in [0.4, 0.5) is 5.69 Å². The minimum absolute atomic E-state index is 0.181. The minimum atomic E-state index is -3.84. The van der Waals surface area contributed by atoms with Crippen LogP contribution in [-0.2, 0) is 14.8 Å². The number of benzene rings is 2. The summed E-state index contributed by atoms with van der Waals surface area (Å²) in [7, 11) is -3.84. The molecule has 0 unspecified atom stereocenters. The molecule has 2 aromatic rings. The number of carbonyl (C=O) groups is 1. The van der Waals surface area contributed by atoms with Crippen molar-refractivity contribution in [1.82, 2.24) is 0 Å². The molecule has 0 spiro atoms. The number of fused-ring (bicyclic) bond motifs is 1. The second-order valence-electron chi connectivity index (χ2n) is 5.41. The lowest BCUT2D eigenvalue weighted by atomic mass is 10.2. The zero-order valence-electron chi connectivity index (χ0n) is 13.0. The number of para-hydroxylation sites is 2. The van der Waals surface area contributed by atoms with E-state index in [4.69, 9.17) is 22.1 Å². The number of nitrogens with two attached hydrogens (primary N) is 1. The van der Waals surface area contributed by atoms with Crippen molar-refractivity contribution in [1.29, 1.82) is 0 Å². The van der Waals surface area contributed by atoms with Gasteiger partial charge in [-0.25, -0.2) is 8.42 Å². The first-order valence-corrected chi connectivity index (χ1v) is 9.26. The van der Waals surface area contributed by atoms with Crippen LogP contribution >= 0.6 is 11.6 Å². The lowest BCUT2D eigenvalue weighted by Crippen LogP contribution is -2.48. The second kappa shape index (κ2) is 6.78. The zero-order valence-corrected chi connectivity index (χ0v) is 14.6. The molecule has 1 atom stereocenters. The van der Waals surface area contributed by atoms with Crippen LogP contribution in [-0.4, -0.2) is 27.0 Å². The van der Waals surface area contributed by atoms with Crippen LogP contribution in [0.3, 0.4) is 0 Å². The van der Waals surface area contributed by atoms with Gasteiger partial charge in [0.05, 0.1) is 17.6 Å². The standard InChI is InChI=1S/C17H15ClN2O4S/c18-13-7-5-12(6-8-13)9-10-25(22,23)20-11-16(17(19)21)24-15-4-2-1-3-14(15)20/h1-10,16H,11H2,(H2,19,21)/b10-9+/t16-/m1/s1. The van der Waals surface area contributed by atoms with Gasteiger partial charge < -0.3 is 10.5 Å². The molecule has 0 saturated heterocycles. The van der Waals surface area contributed by atoms with Crippen molar-refractivity contribution >= 4 is 39.3 Å². The second-order valence-corrected chi connectivity index (χ2v) is 7.59. The van der Waals surface area contributed by atoms with Crippen molar-refractivity contribution in [3.8, 4) is 5.75 Å². The van der Waals surface area contributed by atoms with Gasteiger partial charge in [0.25, 0.3) is 15.9 Å². The predicted octanol–water partition coefficient (Wildman–Crippen LogP) is 2.39. The molecule has 6 nitrogen and oxygen atoms in total. The zero-order chi connectivity index (χ0) is 18.0. The molecule has 8 heteroatoms. The number of amides is 1. The third-order valence-electron chi connectivity index (χ3n) is 3.66. The van der Waals surface area contributed by atoms with E-state index in [1.807, 2.05) is 0 Å². The van der Waals surface area contributed by atoms with Crippen LogP contribution in [0.1, 0.15) is 5.56 Å². The molecule has 3 rings (SSSR count). The van der Waals surface area contributed by atoms with Crippen LogP contribution in [0.2, 0.25) is 5.02 Å². The van der Waals surface area contributed by atoms with Gasteiger partial charge >= 0.3 is 0 Å². The number of anilines is 1. The van der Waals surface area contributed by atoms with Gasteiger partial charge in [-0.2, -0.15) is 0 Å². The highest BCUT2D eigenvalue weighted by atomic mass is 35.5. The maximum Gasteiger partial charge on any atom is 0.260 e. The van der Waals surface area contributed by atoms with Gasteiger partial charge in [-0.1, -0.05) is 35.9 Å². The van der Waals surface area contributed by atoms with E-state index < -0.39 is 22.0 Å². The summed E-state index contributed by atoms with van der Waals surface area (Å²) < 4.78 is 32.1. The van der Waals surface area contributed by atoms with Crippen molar-refractivity contribution in [2.24, 2.45) is 5.73 Å². The Balaban J connectivity index is 1.95. The Morgan fingerprint density at radius 3 is 2.56 bits per heavy atom. The van der Waals surface area contributed by atoms with Crippen molar-refractivity contribution < 1.29 is 17.9 Å². The van der Waals surface area contributed by atoms with Crippen molar-refractivity contribution in [3.05, 3.63) is 64.5 Å². The summed E-state index contributed by atoms with van der Waals surface area (Å²) in [6.45, 7) is -0.181. The first-order chi connectivity index (χ1) is 11.9. The molecular formula is C17H15ClN2O4S. The number of sulfonamides is 1. The van der Waals surface area contributed by atoms with Crippen LogP contribution in [0.5, 0.6) is 5.75 Å². The molecule has 130 valence electrons. The summed E-state index contributed by atoms with van der Waals surface area (Å²) in [4.78, 5) is 11.5. The average Bonchev–Trinajstić information content (AvgIpc) is 2.60. The van der Waals surface area contributed by atoms with E-state index >= 15 is 0 Å². The highest BCUT2D eigenvalue weighted by Crippen LogP contribution is 2.35. The van der Waals surface area contributed by atoms with E-state index in [-0.39, 0.29) is 6.54 Å². The molecule has 0 fully saturated rings. The largest absolute Gasteiger partial charge is 0.476 e. The van der Waals surface area contributed by atoms with Gasteiger partial charge in [0, 0.05) is 5.02 Å². The Bertz CT molecular complexity index is 926. The highest BCUT2D eigenvalue weighted by Gasteiger charge is 2.34. The Kier molecular flexibility index (Phi) is 4.69. The molecular weight excluding hydrogens is 364 g/mol. The Morgan fingerprint density at radius 1 is 1.20 bits per heavy atom. The van der Waals surface area contributed by atoms with Gasteiger partial charge in [0.15, 0.2) is 6.10 Å². The topological polar surface area (TPSA) is 89.7 Å².